The molecule has 0 aliphatic rings. The van der Waals surface area contributed by atoms with Crippen molar-refractivity contribution in [3.05, 3.63) is 35.9 Å². The SMILES string of the molecule is COC(=O)C(CCSC)NC(=O)C(Cc1ccccc1)NCC(N)C(C)C. The number of hydrogen-bond donors (Lipinski definition) is 3. The summed E-state index contributed by atoms with van der Waals surface area (Å²) in [5.74, 6) is 0.429. The lowest BCUT2D eigenvalue weighted by molar-refractivity contribution is -0.145. The lowest BCUT2D eigenvalue weighted by Gasteiger charge is -2.24. The first kappa shape index (κ1) is 23.5. The summed E-state index contributed by atoms with van der Waals surface area (Å²) in [5.41, 5.74) is 7.17. The van der Waals surface area contributed by atoms with Crippen LogP contribution in [0.15, 0.2) is 30.3 Å². The van der Waals surface area contributed by atoms with Crippen LogP contribution in [0, 0.1) is 5.92 Å². The van der Waals surface area contributed by atoms with Gasteiger partial charge < -0.3 is 21.1 Å². The number of methoxy groups -OCH3 is 1. The van der Waals surface area contributed by atoms with Gasteiger partial charge in [0.25, 0.3) is 0 Å². The Morgan fingerprint density at radius 3 is 2.41 bits per heavy atom. The van der Waals surface area contributed by atoms with Crippen LogP contribution in [0.1, 0.15) is 25.8 Å². The van der Waals surface area contributed by atoms with Crippen LogP contribution in [0.5, 0.6) is 0 Å². The topological polar surface area (TPSA) is 93.4 Å². The molecule has 1 rings (SSSR count). The highest BCUT2D eigenvalue weighted by molar-refractivity contribution is 7.98. The van der Waals surface area contributed by atoms with E-state index in [1.54, 1.807) is 11.8 Å². The molecule has 27 heavy (non-hydrogen) atoms. The second kappa shape index (κ2) is 12.8. The second-order valence-electron chi connectivity index (χ2n) is 6.92. The fourth-order valence-corrected chi connectivity index (χ4v) is 2.99. The zero-order chi connectivity index (χ0) is 20.2. The van der Waals surface area contributed by atoms with Gasteiger partial charge in [0.05, 0.1) is 13.2 Å². The van der Waals surface area contributed by atoms with Crippen molar-refractivity contribution >= 4 is 23.6 Å². The number of nitrogens with two attached hydrogens (primary N) is 1. The van der Waals surface area contributed by atoms with Crippen molar-refractivity contribution in [2.24, 2.45) is 11.7 Å². The number of amides is 1. The van der Waals surface area contributed by atoms with Crippen molar-refractivity contribution in [2.45, 2.75) is 44.8 Å². The fourth-order valence-electron chi connectivity index (χ4n) is 2.52. The van der Waals surface area contributed by atoms with Gasteiger partial charge in [-0.15, -0.1) is 0 Å². The average Bonchev–Trinajstić information content (AvgIpc) is 2.67. The molecule has 4 N–H and O–H groups in total. The Labute approximate surface area is 167 Å². The summed E-state index contributed by atoms with van der Waals surface area (Å²) in [6.45, 7) is 4.62. The molecule has 0 aromatic heterocycles. The maximum atomic E-state index is 12.9. The summed E-state index contributed by atoms with van der Waals surface area (Å²) >= 11 is 1.62. The van der Waals surface area contributed by atoms with E-state index in [1.165, 1.54) is 7.11 Å². The molecule has 0 bridgehead atoms. The summed E-state index contributed by atoms with van der Waals surface area (Å²) in [6, 6.07) is 8.62. The van der Waals surface area contributed by atoms with Crippen LogP contribution in [0.25, 0.3) is 0 Å². The molecule has 0 spiro atoms. The normalized spacial score (nSPS) is 14.4. The molecule has 1 amide bonds. The van der Waals surface area contributed by atoms with Crippen molar-refractivity contribution in [3.8, 4) is 0 Å². The van der Waals surface area contributed by atoms with Crippen LogP contribution < -0.4 is 16.4 Å². The van der Waals surface area contributed by atoms with Gasteiger partial charge >= 0.3 is 5.97 Å². The van der Waals surface area contributed by atoms with Gasteiger partial charge in [-0.05, 0) is 36.3 Å². The van der Waals surface area contributed by atoms with Crippen LogP contribution in [-0.4, -0.2) is 55.7 Å². The Bertz CT molecular complexity index is 569. The molecule has 0 radical (unpaired) electrons. The number of carbonyl (C=O) groups is 2. The lowest BCUT2D eigenvalue weighted by atomic mass is 10.0. The van der Waals surface area contributed by atoms with E-state index in [1.807, 2.05) is 50.4 Å². The first-order chi connectivity index (χ1) is 12.9. The van der Waals surface area contributed by atoms with Crippen molar-refractivity contribution in [3.63, 3.8) is 0 Å². The van der Waals surface area contributed by atoms with Gasteiger partial charge in [-0.25, -0.2) is 4.79 Å². The van der Waals surface area contributed by atoms with Gasteiger partial charge in [0, 0.05) is 12.6 Å². The molecule has 0 heterocycles. The molecule has 0 saturated carbocycles. The van der Waals surface area contributed by atoms with Gasteiger partial charge in [0.1, 0.15) is 6.04 Å². The molecule has 6 nitrogen and oxygen atoms in total. The first-order valence-corrected chi connectivity index (χ1v) is 10.7. The Morgan fingerprint density at radius 2 is 1.85 bits per heavy atom. The maximum absolute atomic E-state index is 12.9. The summed E-state index contributed by atoms with van der Waals surface area (Å²) in [6.07, 6.45) is 3.01. The molecular weight excluding hydrogens is 362 g/mol. The summed E-state index contributed by atoms with van der Waals surface area (Å²) in [4.78, 5) is 24.9. The molecule has 0 fully saturated rings. The third-order valence-electron chi connectivity index (χ3n) is 4.47. The number of thioether (sulfide) groups is 1. The largest absolute Gasteiger partial charge is 0.467 e. The highest BCUT2D eigenvalue weighted by atomic mass is 32.2. The molecule has 1 aromatic rings. The number of rotatable bonds is 12. The zero-order valence-corrected chi connectivity index (χ0v) is 17.6. The van der Waals surface area contributed by atoms with E-state index in [0.717, 1.165) is 11.3 Å². The molecule has 1 aromatic carbocycles. The molecule has 7 heteroatoms. The van der Waals surface area contributed by atoms with Gasteiger partial charge in [-0.1, -0.05) is 44.2 Å². The lowest BCUT2D eigenvalue weighted by Crippen LogP contribution is -2.53. The van der Waals surface area contributed by atoms with E-state index in [4.69, 9.17) is 10.5 Å². The quantitative estimate of drug-likeness (QED) is 0.465. The number of benzene rings is 1. The van der Waals surface area contributed by atoms with Gasteiger partial charge in [-0.3, -0.25) is 4.79 Å². The van der Waals surface area contributed by atoms with Crippen LogP contribution >= 0.6 is 11.8 Å². The number of hydrogen-bond acceptors (Lipinski definition) is 6. The predicted molar refractivity (Wildman–Crippen MR) is 112 cm³/mol. The number of esters is 1. The minimum absolute atomic E-state index is 0.0519. The summed E-state index contributed by atoms with van der Waals surface area (Å²) < 4.78 is 4.83. The van der Waals surface area contributed by atoms with E-state index in [-0.39, 0.29) is 11.9 Å². The molecule has 3 unspecified atom stereocenters. The first-order valence-electron chi connectivity index (χ1n) is 9.29. The number of nitrogens with one attached hydrogen (secondary N) is 2. The van der Waals surface area contributed by atoms with E-state index in [2.05, 4.69) is 10.6 Å². The molecule has 0 saturated heterocycles. The maximum Gasteiger partial charge on any atom is 0.328 e. The minimum atomic E-state index is -0.645. The average molecular weight is 396 g/mol. The molecule has 0 aliphatic heterocycles. The third kappa shape index (κ3) is 8.77. The van der Waals surface area contributed by atoms with Gasteiger partial charge in [0.2, 0.25) is 5.91 Å². The summed E-state index contributed by atoms with van der Waals surface area (Å²) in [5, 5.41) is 6.12. The standard InChI is InChI=1S/C20H33N3O3S/c1-14(2)16(21)13-22-18(12-15-8-6-5-7-9-15)19(24)23-17(10-11-27-4)20(25)26-3/h5-9,14,16-18,22H,10-13,21H2,1-4H3,(H,23,24). The highest BCUT2D eigenvalue weighted by Crippen LogP contribution is 2.07. The number of ether oxygens (including phenoxy) is 1. The Balaban J connectivity index is 2.84. The van der Waals surface area contributed by atoms with Crippen molar-refractivity contribution in [1.29, 1.82) is 0 Å². The molecule has 0 aliphatic carbocycles. The Kier molecular flexibility index (Phi) is 11.1. The Hall–Kier alpha value is -1.57. The van der Waals surface area contributed by atoms with Crippen LogP contribution in [-0.2, 0) is 20.7 Å². The van der Waals surface area contributed by atoms with E-state index < -0.39 is 18.1 Å². The minimum Gasteiger partial charge on any atom is -0.467 e. The molecule has 152 valence electrons. The van der Waals surface area contributed by atoms with Crippen molar-refractivity contribution < 1.29 is 14.3 Å². The highest BCUT2D eigenvalue weighted by Gasteiger charge is 2.26. The molecule has 3 atom stereocenters. The predicted octanol–water partition coefficient (Wildman–Crippen LogP) is 1.58. The van der Waals surface area contributed by atoms with E-state index in [0.29, 0.717) is 25.3 Å². The van der Waals surface area contributed by atoms with Crippen molar-refractivity contribution in [1.82, 2.24) is 10.6 Å². The third-order valence-corrected chi connectivity index (χ3v) is 5.11. The molecular formula is C20H33N3O3S. The fraction of sp³-hybridized carbons (Fsp3) is 0.600. The van der Waals surface area contributed by atoms with Crippen molar-refractivity contribution in [2.75, 3.05) is 25.7 Å². The van der Waals surface area contributed by atoms with Crippen LogP contribution in [0.3, 0.4) is 0 Å². The number of carbonyl (C=O) groups excluding carboxylic acids is 2. The van der Waals surface area contributed by atoms with Crippen LogP contribution in [0.2, 0.25) is 0 Å². The van der Waals surface area contributed by atoms with E-state index >= 15 is 0 Å². The smallest absolute Gasteiger partial charge is 0.328 e. The summed E-state index contributed by atoms with van der Waals surface area (Å²) in [7, 11) is 1.34. The second-order valence-corrected chi connectivity index (χ2v) is 7.91. The Morgan fingerprint density at radius 1 is 1.19 bits per heavy atom. The zero-order valence-electron chi connectivity index (χ0n) is 16.7. The van der Waals surface area contributed by atoms with Crippen LogP contribution in [0.4, 0.5) is 0 Å². The van der Waals surface area contributed by atoms with E-state index in [9.17, 15) is 9.59 Å². The van der Waals surface area contributed by atoms with Gasteiger partial charge in [0.15, 0.2) is 0 Å². The van der Waals surface area contributed by atoms with Gasteiger partial charge in [-0.2, -0.15) is 11.8 Å². The monoisotopic (exact) mass is 395 g/mol.